The van der Waals surface area contributed by atoms with Crippen LogP contribution in [-0.4, -0.2) is 56.1 Å². The zero-order valence-electron chi connectivity index (χ0n) is 17.2. The second kappa shape index (κ2) is 15.2. The summed E-state index contributed by atoms with van der Waals surface area (Å²) in [6, 6.07) is 0. The third kappa shape index (κ3) is 10.3. The van der Waals surface area contributed by atoms with Gasteiger partial charge in [-0.1, -0.05) is 0 Å². The van der Waals surface area contributed by atoms with E-state index in [0.29, 0.717) is 0 Å². The van der Waals surface area contributed by atoms with Gasteiger partial charge in [0, 0.05) is 0 Å². The molecule has 0 aliphatic heterocycles. The van der Waals surface area contributed by atoms with Crippen molar-refractivity contribution in [1.82, 2.24) is 0 Å². The fraction of sp³-hybridized carbons (Fsp3) is 0.611. The Labute approximate surface area is 164 Å². The summed E-state index contributed by atoms with van der Waals surface area (Å²) in [4.78, 5) is 55.3. The van der Waals surface area contributed by atoms with Gasteiger partial charge < -0.3 is 24.7 Å². The molecule has 0 aliphatic carbocycles. The maximum atomic E-state index is 11.2. The molecule has 0 heterocycles. The Morgan fingerprint density at radius 1 is 0.714 bits per heavy atom. The standard InChI is InChI=1S/C9H15NO4.C9H14O5/c2*1-4-13-8(11)6(3)7(10)9(12)14-5-2/h4-5,10H2,1-3H3;6H,4-5H2,1-3H3/b7-6+;. The van der Waals surface area contributed by atoms with Gasteiger partial charge in [0.25, 0.3) is 5.78 Å². The third-order valence-corrected chi connectivity index (χ3v) is 2.99. The zero-order valence-corrected chi connectivity index (χ0v) is 17.2. The average molecular weight is 403 g/mol. The van der Waals surface area contributed by atoms with Gasteiger partial charge in [0.05, 0.1) is 32.0 Å². The molecule has 0 amide bonds. The van der Waals surface area contributed by atoms with Gasteiger partial charge in [0.2, 0.25) is 0 Å². The lowest BCUT2D eigenvalue weighted by molar-refractivity contribution is -0.161. The van der Waals surface area contributed by atoms with E-state index in [9.17, 15) is 24.0 Å². The molecule has 0 aromatic rings. The number of carbonyl (C=O) groups excluding carboxylic acids is 5. The molecule has 0 saturated carbocycles. The Balaban J connectivity index is 0. The van der Waals surface area contributed by atoms with E-state index in [0.717, 1.165) is 0 Å². The van der Waals surface area contributed by atoms with Crippen molar-refractivity contribution in [2.45, 2.75) is 41.5 Å². The van der Waals surface area contributed by atoms with E-state index < -0.39 is 35.6 Å². The van der Waals surface area contributed by atoms with E-state index in [-0.39, 0.29) is 37.7 Å². The van der Waals surface area contributed by atoms with Crippen molar-refractivity contribution in [3.05, 3.63) is 11.3 Å². The SMILES string of the molecule is CCOC(=O)/C(C)=C(/N)C(=O)OCC.CCOC(=O)C(=O)C(C)C(=O)OCC. The van der Waals surface area contributed by atoms with Crippen molar-refractivity contribution >= 4 is 29.7 Å². The van der Waals surface area contributed by atoms with Crippen molar-refractivity contribution in [2.75, 3.05) is 26.4 Å². The minimum Gasteiger partial charge on any atom is -0.465 e. The van der Waals surface area contributed by atoms with Crippen molar-refractivity contribution in [3.8, 4) is 0 Å². The number of nitrogens with two attached hydrogens (primary N) is 1. The summed E-state index contributed by atoms with van der Waals surface area (Å²) in [5.41, 5.74) is 5.25. The number of Topliss-reactive ketones (excluding diaryl/α,β-unsaturated/α-hetero) is 1. The Bertz CT molecular complexity index is 570. The first-order valence-corrected chi connectivity index (χ1v) is 8.76. The molecule has 1 atom stereocenters. The summed E-state index contributed by atoms with van der Waals surface area (Å²) in [6.45, 7) is 10.0. The normalized spacial score (nSPS) is 11.6. The van der Waals surface area contributed by atoms with Crippen LogP contribution in [0.4, 0.5) is 0 Å². The van der Waals surface area contributed by atoms with Crippen LogP contribution in [0.25, 0.3) is 0 Å². The summed E-state index contributed by atoms with van der Waals surface area (Å²) < 4.78 is 18.3. The van der Waals surface area contributed by atoms with Gasteiger partial charge in [0.15, 0.2) is 0 Å². The molecule has 10 nitrogen and oxygen atoms in total. The maximum Gasteiger partial charge on any atom is 0.375 e. The highest BCUT2D eigenvalue weighted by Crippen LogP contribution is 2.03. The molecule has 0 aromatic carbocycles. The van der Waals surface area contributed by atoms with Crippen LogP contribution >= 0.6 is 0 Å². The van der Waals surface area contributed by atoms with Gasteiger partial charge in [-0.25, -0.2) is 14.4 Å². The molecule has 0 radical (unpaired) electrons. The topological polar surface area (TPSA) is 148 Å². The second-order valence-corrected chi connectivity index (χ2v) is 5.04. The van der Waals surface area contributed by atoms with Crippen molar-refractivity contribution < 1.29 is 42.9 Å². The number of rotatable bonds is 9. The fourth-order valence-electron chi connectivity index (χ4n) is 1.46. The van der Waals surface area contributed by atoms with E-state index in [1.165, 1.54) is 13.8 Å². The molecule has 0 fully saturated rings. The smallest absolute Gasteiger partial charge is 0.375 e. The summed E-state index contributed by atoms with van der Waals surface area (Å²) in [6.07, 6.45) is 0. The summed E-state index contributed by atoms with van der Waals surface area (Å²) in [5, 5.41) is 0. The molecule has 0 aromatic heterocycles. The van der Waals surface area contributed by atoms with Crippen LogP contribution in [0.2, 0.25) is 0 Å². The monoisotopic (exact) mass is 403 g/mol. The average Bonchev–Trinajstić information content (AvgIpc) is 2.66. The molecule has 160 valence electrons. The first-order chi connectivity index (χ1) is 13.1. The van der Waals surface area contributed by atoms with E-state index >= 15 is 0 Å². The molecule has 0 spiro atoms. The van der Waals surface area contributed by atoms with Crippen LogP contribution in [0.15, 0.2) is 11.3 Å². The van der Waals surface area contributed by atoms with Crippen LogP contribution in [0.3, 0.4) is 0 Å². The fourth-order valence-corrected chi connectivity index (χ4v) is 1.46. The van der Waals surface area contributed by atoms with Crippen molar-refractivity contribution in [2.24, 2.45) is 11.7 Å². The van der Waals surface area contributed by atoms with Gasteiger partial charge in [-0.05, 0) is 41.5 Å². The summed E-state index contributed by atoms with van der Waals surface area (Å²) in [7, 11) is 0. The molecular weight excluding hydrogens is 374 g/mol. The molecule has 0 aliphatic rings. The predicted octanol–water partition coefficient (Wildman–Crippen LogP) is 0.663. The highest BCUT2D eigenvalue weighted by Gasteiger charge is 2.29. The van der Waals surface area contributed by atoms with E-state index in [1.807, 2.05) is 0 Å². The Kier molecular flexibility index (Phi) is 14.8. The molecule has 10 heteroatoms. The second-order valence-electron chi connectivity index (χ2n) is 5.04. The zero-order chi connectivity index (χ0) is 22.3. The van der Waals surface area contributed by atoms with E-state index in [1.54, 1.807) is 27.7 Å². The first-order valence-electron chi connectivity index (χ1n) is 8.76. The Morgan fingerprint density at radius 2 is 1.11 bits per heavy atom. The van der Waals surface area contributed by atoms with Crippen molar-refractivity contribution in [3.63, 3.8) is 0 Å². The quantitative estimate of drug-likeness (QED) is 0.191. The van der Waals surface area contributed by atoms with Gasteiger partial charge in [0.1, 0.15) is 11.6 Å². The largest absolute Gasteiger partial charge is 0.465 e. The number of hydrogen-bond acceptors (Lipinski definition) is 10. The molecule has 28 heavy (non-hydrogen) atoms. The summed E-state index contributed by atoms with van der Waals surface area (Å²) in [5.74, 6) is -4.95. The maximum absolute atomic E-state index is 11.2. The molecule has 2 N–H and O–H groups in total. The van der Waals surface area contributed by atoms with Crippen LogP contribution in [0, 0.1) is 5.92 Å². The minimum atomic E-state index is -1.09. The minimum absolute atomic E-state index is 0.0744. The number of hydrogen-bond donors (Lipinski definition) is 1. The number of ketones is 1. The van der Waals surface area contributed by atoms with E-state index in [2.05, 4.69) is 18.9 Å². The van der Waals surface area contributed by atoms with Gasteiger partial charge >= 0.3 is 23.9 Å². The number of esters is 4. The lowest BCUT2D eigenvalue weighted by Gasteiger charge is -2.07. The van der Waals surface area contributed by atoms with Crippen LogP contribution in [0.5, 0.6) is 0 Å². The third-order valence-electron chi connectivity index (χ3n) is 2.99. The molecule has 0 rings (SSSR count). The Morgan fingerprint density at radius 3 is 1.54 bits per heavy atom. The lowest BCUT2D eigenvalue weighted by atomic mass is 10.1. The summed E-state index contributed by atoms with van der Waals surface area (Å²) >= 11 is 0. The molecular formula is C18H29NO9. The predicted molar refractivity (Wildman–Crippen MR) is 97.6 cm³/mol. The van der Waals surface area contributed by atoms with Gasteiger partial charge in [-0.15, -0.1) is 0 Å². The Hall–Kier alpha value is -2.91. The van der Waals surface area contributed by atoms with Crippen LogP contribution in [0.1, 0.15) is 41.5 Å². The van der Waals surface area contributed by atoms with Gasteiger partial charge in [-0.2, -0.15) is 0 Å². The number of ether oxygens (including phenoxy) is 4. The molecule has 0 bridgehead atoms. The number of carbonyl (C=O) groups is 5. The molecule has 1 unspecified atom stereocenters. The van der Waals surface area contributed by atoms with Crippen LogP contribution in [-0.2, 0) is 42.9 Å². The first kappa shape index (κ1) is 27.3. The van der Waals surface area contributed by atoms with Crippen molar-refractivity contribution in [1.29, 1.82) is 0 Å². The molecule has 0 saturated heterocycles. The highest BCUT2D eigenvalue weighted by molar-refractivity contribution is 6.37. The highest BCUT2D eigenvalue weighted by atomic mass is 16.5. The van der Waals surface area contributed by atoms with E-state index in [4.69, 9.17) is 5.73 Å². The van der Waals surface area contributed by atoms with Crippen LogP contribution < -0.4 is 5.73 Å². The lowest BCUT2D eigenvalue weighted by Crippen LogP contribution is -2.30. The van der Waals surface area contributed by atoms with Gasteiger partial charge in [-0.3, -0.25) is 9.59 Å².